The van der Waals surface area contributed by atoms with Crippen molar-refractivity contribution in [1.82, 2.24) is 4.31 Å². The number of hydrogen-bond acceptors (Lipinski definition) is 4. The van der Waals surface area contributed by atoms with Crippen molar-refractivity contribution in [3.8, 4) is 0 Å². The van der Waals surface area contributed by atoms with Gasteiger partial charge in [-0.2, -0.15) is 4.31 Å². The Balaban J connectivity index is 3.19. The predicted molar refractivity (Wildman–Crippen MR) is 79.5 cm³/mol. The lowest BCUT2D eigenvalue weighted by atomic mass is 10.3. The molecule has 1 aromatic carbocycles. The molecule has 0 fully saturated rings. The molecule has 19 heavy (non-hydrogen) atoms. The van der Waals surface area contributed by atoms with Crippen LogP contribution in [0.2, 0.25) is 0 Å². The molecule has 0 radical (unpaired) electrons. The monoisotopic (exact) mass is 350 g/mol. The van der Waals surface area contributed by atoms with Gasteiger partial charge in [0.05, 0.1) is 12.3 Å². The van der Waals surface area contributed by atoms with Gasteiger partial charge in [-0.25, -0.2) is 8.42 Å². The van der Waals surface area contributed by atoms with Gasteiger partial charge in [-0.1, -0.05) is 15.9 Å². The van der Waals surface area contributed by atoms with Crippen molar-refractivity contribution >= 4 is 31.6 Å². The quantitative estimate of drug-likeness (QED) is 0.797. The second-order valence-electron chi connectivity index (χ2n) is 4.38. The summed E-state index contributed by atoms with van der Waals surface area (Å²) >= 11 is 3.26. The fraction of sp³-hybridized carbons (Fsp3) is 0.500. The molecule has 0 atom stereocenters. The molecule has 7 heteroatoms. The molecule has 0 aliphatic rings. The predicted octanol–water partition coefficient (Wildman–Crippen LogP) is 2.08. The van der Waals surface area contributed by atoms with E-state index in [-0.39, 0.29) is 16.6 Å². The van der Waals surface area contributed by atoms with E-state index in [0.717, 1.165) is 4.47 Å². The van der Waals surface area contributed by atoms with Crippen molar-refractivity contribution in [3.63, 3.8) is 0 Å². The third-order valence-electron chi connectivity index (χ3n) is 2.65. The summed E-state index contributed by atoms with van der Waals surface area (Å²) in [5.74, 6) is 0. The first-order valence-corrected chi connectivity index (χ1v) is 8.09. The highest BCUT2D eigenvalue weighted by molar-refractivity contribution is 9.10. The molecule has 0 aromatic heterocycles. The zero-order valence-electron chi connectivity index (χ0n) is 11.3. The number of halogens is 1. The summed E-state index contributed by atoms with van der Waals surface area (Å²) in [5, 5.41) is 0. The van der Waals surface area contributed by atoms with E-state index < -0.39 is 10.0 Å². The number of nitrogens with zero attached hydrogens (tertiary/aromatic N) is 1. The van der Waals surface area contributed by atoms with Crippen molar-refractivity contribution in [1.29, 1.82) is 0 Å². The van der Waals surface area contributed by atoms with Crippen LogP contribution in [0.25, 0.3) is 0 Å². The van der Waals surface area contributed by atoms with Crippen LogP contribution in [-0.2, 0) is 14.8 Å². The van der Waals surface area contributed by atoms with Crippen molar-refractivity contribution in [3.05, 3.63) is 22.7 Å². The summed E-state index contributed by atoms with van der Waals surface area (Å²) < 4.78 is 32.3. The summed E-state index contributed by atoms with van der Waals surface area (Å²) in [5.41, 5.74) is 6.04. The van der Waals surface area contributed by atoms with E-state index >= 15 is 0 Å². The Labute approximate surface area is 122 Å². The Morgan fingerprint density at radius 2 is 2.05 bits per heavy atom. The molecule has 0 aliphatic heterocycles. The molecule has 0 heterocycles. The lowest BCUT2D eigenvalue weighted by Crippen LogP contribution is -2.39. The van der Waals surface area contributed by atoms with E-state index in [9.17, 15) is 8.42 Å². The van der Waals surface area contributed by atoms with Crippen LogP contribution in [0, 0.1) is 0 Å². The van der Waals surface area contributed by atoms with Gasteiger partial charge in [-0.3, -0.25) is 0 Å². The number of hydrogen-bond donors (Lipinski definition) is 1. The van der Waals surface area contributed by atoms with Crippen LogP contribution < -0.4 is 5.73 Å². The molecule has 0 saturated heterocycles. The molecule has 1 rings (SSSR count). The molecule has 0 spiro atoms. The van der Waals surface area contributed by atoms with Gasteiger partial charge in [-0.05, 0) is 32.0 Å². The fourth-order valence-corrected chi connectivity index (χ4v) is 3.82. The van der Waals surface area contributed by atoms with Crippen molar-refractivity contribution in [2.75, 3.05) is 26.0 Å². The highest BCUT2D eigenvalue weighted by Crippen LogP contribution is 2.26. The van der Waals surface area contributed by atoms with Crippen LogP contribution in [0.4, 0.5) is 5.69 Å². The third kappa shape index (κ3) is 3.92. The van der Waals surface area contributed by atoms with Crippen LogP contribution in [0.3, 0.4) is 0 Å². The van der Waals surface area contributed by atoms with E-state index in [1.807, 2.05) is 13.8 Å². The maximum absolute atomic E-state index is 12.6. The van der Waals surface area contributed by atoms with Gasteiger partial charge < -0.3 is 10.5 Å². The number of nitrogen functional groups attached to an aromatic ring is 1. The van der Waals surface area contributed by atoms with Crippen molar-refractivity contribution in [2.24, 2.45) is 0 Å². The van der Waals surface area contributed by atoms with Gasteiger partial charge in [-0.15, -0.1) is 0 Å². The Bertz CT molecular complexity index is 532. The highest BCUT2D eigenvalue weighted by Gasteiger charge is 2.28. The number of nitrogens with two attached hydrogens (primary N) is 1. The number of methoxy groups -OCH3 is 1. The second-order valence-corrected chi connectivity index (χ2v) is 7.16. The zero-order valence-corrected chi connectivity index (χ0v) is 13.7. The first-order valence-electron chi connectivity index (χ1n) is 5.86. The average Bonchev–Trinajstić information content (AvgIpc) is 2.27. The molecular formula is C12H19BrN2O3S. The fourth-order valence-electron chi connectivity index (χ4n) is 1.72. The van der Waals surface area contributed by atoms with Crippen LogP contribution in [0.5, 0.6) is 0 Å². The third-order valence-corrected chi connectivity index (χ3v) is 5.29. The van der Waals surface area contributed by atoms with Crippen LogP contribution in [-0.4, -0.2) is 39.0 Å². The first-order chi connectivity index (χ1) is 8.80. The maximum atomic E-state index is 12.6. The van der Waals surface area contributed by atoms with Gasteiger partial charge >= 0.3 is 0 Å². The molecule has 108 valence electrons. The smallest absolute Gasteiger partial charge is 0.245 e. The number of benzene rings is 1. The molecule has 0 aliphatic carbocycles. The Kier molecular flexibility index (Phi) is 5.79. The number of anilines is 1. The second kappa shape index (κ2) is 6.69. The van der Waals surface area contributed by atoms with E-state index in [0.29, 0.717) is 13.2 Å². The Morgan fingerprint density at radius 1 is 1.42 bits per heavy atom. The van der Waals surface area contributed by atoms with Crippen molar-refractivity contribution in [2.45, 2.75) is 24.8 Å². The lowest BCUT2D eigenvalue weighted by molar-refractivity contribution is 0.171. The zero-order chi connectivity index (χ0) is 14.6. The molecule has 5 nitrogen and oxygen atoms in total. The molecule has 2 N–H and O–H groups in total. The summed E-state index contributed by atoms with van der Waals surface area (Å²) in [6, 6.07) is 4.60. The van der Waals surface area contributed by atoms with E-state index in [4.69, 9.17) is 10.5 Å². The minimum absolute atomic E-state index is 0.125. The largest absolute Gasteiger partial charge is 0.398 e. The minimum atomic E-state index is -3.61. The van der Waals surface area contributed by atoms with Crippen LogP contribution >= 0.6 is 15.9 Å². The Hall–Kier alpha value is -0.630. The average molecular weight is 351 g/mol. The molecule has 0 saturated carbocycles. The molecule has 0 amide bonds. The highest BCUT2D eigenvalue weighted by atomic mass is 79.9. The van der Waals surface area contributed by atoms with Gasteiger partial charge in [0.15, 0.2) is 0 Å². The van der Waals surface area contributed by atoms with Gasteiger partial charge in [0.25, 0.3) is 0 Å². The first kappa shape index (κ1) is 16.4. The minimum Gasteiger partial charge on any atom is -0.398 e. The summed E-state index contributed by atoms with van der Waals surface area (Å²) in [6.45, 7) is 4.28. The van der Waals surface area contributed by atoms with Crippen LogP contribution in [0.1, 0.15) is 13.8 Å². The van der Waals surface area contributed by atoms with E-state index in [2.05, 4.69) is 15.9 Å². The van der Waals surface area contributed by atoms with E-state index in [1.54, 1.807) is 19.2 Å². The maximum Gasteiger partial charge on any atom is 0.245 e. The van der Waals surface area contributed by atoms with E-state index in [1.165, 1.54) is 10.4 Å². The number of sulfonamides is 1. The summed E-state index contributed by atoms with van der Waals surface area (Å²) in [7, 11) is -2.07. The van der Waals surface area contributed by atoms with Crippen molar-refractivity contribution < 1.29 is 13.2 Å². The SMILES string of the molecule is COCCN(C(C)C)S(=O)(=O)c1ccc(Br)cc1N. The standard InChI is InChI=1S/C12H19BrN2O3S/c1-9(2)15(6-7-18-3)19(16,17)12-5-4-10(13)8-11(12)14/h4-5,8-9H,6-7,14H2,1-3H3. The molecule has 1 aromatic rings. The number of ether oxygens (including phenoxy) is 1. The Morgan fingerprint density at radius 3 is 2.53 bits per heavy atom. The molecular weight excluding hydrogens is 332 g/mol. The summed E-state index contributed by atoms with van der Waals surface area (Å²) in [4.78, 5) is 0.125. The van der Waals surface area contributed by atoms with Crippen LogP contribution in [0.15, 0.2) is 27.6 Å². The lowest BCUT2D eigenvalue weighted by Gasteiger charge is -2.26. The number of rotatable bonds is 6. The topological polar surface area (TPSA) is 72.6 Å². The van der Waals surface area contributed by atoms with Gasteiger partial charge in [0.1, 0.15) is 4.90 Å². The molecule has 0 unspecified atom stereocenters. The van der Waals surface area contributed by atoms with Gasteiger partial charge in [0.2, 0.25) is 10.0 Å². The van der Waals surface area contributed by atoms with Gasteiger partial charge in [0, 0.05) is 24.2 Å². The molecule has 0 bridgehead atoms. The summed E-state index contributed by atoms with van der Waals surface area (Å²) in [6.07, 6.45) is 0. The normalized spacial score (nSPS) is 12.3.